The van der Waals surface area contributed by atoms with Crippen molar-refractivity contribution in [3.05, 3.63) is 72.3 Å². The van der Waals surface area contributed by atoms with Crippen LogP contribution >= 0.6 is 0 Å². The van der Waals surface area contributed by atoms with Crippen molar-refractivity contribution in [3.63, 3.8) is 0 Å². The lowest BCUT2D eigenvalue weighted by Crippen LogP contribution is -2.35. The Morgan fingerprint density at radius 1 is 1.24 bits per heavy atom. The fourth-order valence-corrected chi connectivity index (χ4v) is 2.70. The van der Waals surface area contributed by atoms with Crippen LogP contribution in [0.15, 0.2) is 55.6 Å². The Kier molecular flexibility index (Phi) is 5.96. The third-order valence-corrected chi connectivity index (χ3v) is 4.19. The van der Waals surface area contributed by atoms with Crippen molar-refractivity contribution in [1.29, 1.82) is 0 Å². The van der Waals surface area contributed by atoms with E-state index < -0.39 is 7.12 Å². The molecule has 0 aromatic heterocycles. The van der Waals surface area contributed by atoms with Crippen molar-refractivity contribution in [3.8, 4) is 0 Å². The van der Waals surface area contributed by atoms with E-state index in [1.54, 1.807) is 18.2 Å². The van der Waals surface area contributed by atoms with Gasteiger partial charge in [0.25, 0.3) is 0 Å². The Morgan fingerprint density at radius 2 is 1.92 bits per heavy atom. The first-order valence-corrected chi connectivity index (χ1v) is 7.97. The molecular formula is C20H22BNO3. The summed E-state index contributed by atoms with van der Waals surface area (Å²) in [5.74, 6) is -0.0740. The van der Waals surface area contributed by atoms with E-state index in [1.165, 1.54) is 6.92 Å². The molecule has 0 saturated carbocycles. The van der Waals surface area contributed by atoms with Gasteiger partial charge < -0.3 is 14.9 Å². The average Bonchev–Trinajstić information content (AvgIpc) is 2.60. The van der Waals surface area contributed by atoms with Gasteiger partial charge in [-0.2, -0.15) is 0 Å². The Labute approximate surface area is 148 Å². The number of Topliss-reactive ketones (excluding diaryl/α,β-unsaturated/α-hetero) is 1. The monoisotopic (exact) mass is 335 g/mol. The first-order valence-electron chi connectivity index (χ1n) is 7.97. The standard InChI is InChI=1S/C20H22BNO3/c1-5-16-12-18(10-11-19(16)14(2)15(3)23)22(4)13-17-8-6-7-9-20(17)21(24)25/h5-12,24-25H,1-2,13H2,3-4H3. The van der Waals surface area contributed by atoms with Crippen LogP contribution in [0.25, 0.3) is 11.6 Å². The quantitative estimate of drug-likeness (QED) is 0.602. The summed E-state index contributed by atoms with van der Waals surface area (Å²) in [5.41, 5.74) is 4.30. The second-order valence-corrected chi connectivity index (χ2v) is 5.94. The third-order valence-electron chi connectivity index (χ3n) is 4.19. The van der Waals surface area contributed by atoms with Crippen LogP contribution < -0.4 is 10.4 Å². The van der Waals surface area contributed by atoms with Gasteiger partial charge >= 0.3 is 7.12 Å². The molecule has 0 amide bonds. The molecule has 4 nitrogen and oxygen atoms in total. The summed E-state index contributed by atoms with van der Waals surface area (Å²) in [4.78, 5) is 13.6. The zero-order valence-electron chi connectivity index (χ0n) is 14.6. The second-order valence-electron chi connectivity index (χ2n) is 5.94. The number of allylic oxidation sites excluding steroid dienone is 1. The van der Waals surface area contributed by atoms with Crippen LogP contribution in [0.3, 0.4) is 0 Å². The van der Waals surface area contributed by atoms with Crippen LogP contribution in [-0.4, -0.2) is 30.0 Å². The minimum absolute atomic E-state index is 0.0740. The molecule has 0 aliphatic rings. The number of carbonyl (C=O) groups excluding carboxylic acids is 1. The van der Waals surface area contributed by atoms with Gasteiger partial charge in [-0.3, -0.25) is 4.79 Å². The maximum Gasteiger partial charge on any atom is 0.488 e. The number of rotatable bonds is 7. The Balaban J connectivity index is 2.32. The van der Waals surface area contributed by atoms with Gasteiger partial charge in [-0.15, -0.1) is 0 Å². The molecule has 128 valence electrons. The molecule has 0 spiro atoms. The van der Waals surface area contributed by atoms with Crippen molar-refractivity contribution in [1.82, 2.24) is 0 Å². The lowest BCUT2D eigenvalue weighted by atomic mass is 9.77. The maximum absolute atomic E-state index is 11.6. The van der Waals surface area contributed by atoms with Crippen molar-refractivity contribution in [2.24, 2.45) is 0 Å². The van der Waals surface area contributed by atoms with Gasteiger partial charge in [0.05, 0.1) is 0 Å². The molecule has 0 unspecified atom stereocenters. The topological polar surface area (TPSA) is 60.8 Å². The fourth-order valence-electron chi connectivity index (χ4n) is 2.70. The molecule has 0 bridgehead atoms. The van der Waals surface area contributed by atoms with Crippen molar-refractivity contribution < 1.29 is 14.8 Å². The van der Waals surface area contributed by atoms with Gasteiger partial charge in [-0.25, -0.2) is 0 Å². The predicted molar refractivity (Wildman–Crippen MR) is 105 cm³/mol. The van der Waals surface area contributed by atoms with E-state index in [2.05, 4.69) is 13.2 Å². The number of ketones is 1. The molecule has 2 N–H and O–H groups in total. The molecule has 0 atom stereocenters. The van der Waals surface area contributed by atoms with E-state index in [9.17, 15) is 14.8 Å². The number of hydrogen-bond acceptors (Lipinski definition) is 4. The van der Waals surface area contributed by atoms with E-state index >= 15 is 0 Å². The molecule has 0 aliphatic carbocycles. The van der Waals surface area contributed by atoms with Gasteiger partial charge in [0.1, 0.15) is 0 Å². The maximum atomic E-state index is 11.6. The number of benzene rings is 2. The molecular weight excluding hydrogens is 313 g/mol. The van der Waals surface area contributed by atoms with Gasteiger partial charge in [-0.05, 0) is 41.2 Å². The molecule has 0 heterocycles. The van der Waals surface area contributed by atoms with Gasteiger partial charge in [0, 0.05) is 24.9 Å². The number of anilines is 1. The second kappa shape index (κ2) is 7.97. The highest BCUT2D eigenvalue weighted by Gasteiger charge is 2.17. The SMILES string of the molecule is C=Cc1cc(N(C)Cc2ccccc2B(O)O)ccc1C(=C)C(C)=O. The summed E-state index contributed by atoms with van der Waals surface area (Å²) >= 11 is 0. The fraction of sp³-hybridized carbons (Fsp3) is 0.150. The van der Waals surface area contributed by atoms with E-state index in [1.807, 2.05) is 42.3 Å². The molecule has 5 heteroatoms. The van der Waals surface area contributed by atoms with Crippen LogP contribution in [0.5, 0.6) is 0 Å². The summed E-state index contributed by atoms with van der Waals surface area (Å²) in [6, 6.07) is 12.9. The third kappa shape index (κ3) is 4.26. The zero-order valence-corrected chi connectivity index (χ0v) is 14.6. The van der Waals surface area contributed by atoms with Crippen LogP contribution in [0.2, 0.25) is 0 Å². The van der Waals surface area contributed by atoms with Gasteiger partial charge in [-0.1, -0.05) is 49.6 Å². The highest BCUT2D eigenvalue weighted by Crippen LogP contribution is 2.25. The van der Waals surface area contributed by atoms with Crippen LogP contribution in [-0.2, 0) is 11.3 Å². The molecule has 2 aromatic carbocycles. The molecule has 2 aromatic rings. The van der Waals surface area contributed by atoms with E-state index in [4.69, 9.17) is 0 Å². The first-order chi connectivity index (χ1) is 11.8. The summed E-state index contributed by atoms with van der Waals surface area (Å²) in [6.07, 6.45) is 1.70. The number of hydrogen-bond donors (Lipinski definition) is 2. The Hall–Kier alpha value is -2.63. The normalized spacial score (nSPS) is 10.2. The molecule has 25 heavy (non-hydrogen) atoms. The molecule has 0 aliphatic heterocycles. The molecule has 0 radical (unpaired) electrons. The summed E-state index contributed by atoms with van der Waals surface area (Å²) in [5, 5.41) is 19.0. The van der Waals surface area contributed by atoms with Crippen molar-refractivity contribution in [2.45, 2.75) is 13.5 Å². The van der Waals surface area contributed by atoms with E-state index in [0.717, 1.165) is 22.4 Å². The lowest BCUT2D eigenvalue weighted by Gasteiger charge is -2.22. The number of nitrogens with zero attached hydrogens (tertiary/aromatic N) is 1. The minimum Gasteiger partial charge on any atom is -0.423 e. The van der Waals surface area contributed by atoms with E-state index in [-0.39, 0.29) is 5.78 Å². The highest BCUT2D eigenvalue weighted by molar-refractivity contribution is 6.59. The summed E-state index contributed by atoms with van der Waals surface area (Å²) in [7, 11) is 0.414. The van der Waals surface area contributed by atoms with Gasteiger partial charge in [0.2, 0.25) is 0 Å². The molecule has 0 saturated heterocycles. The van der Waals surface area contributed by atoms with E-state index in [0.29, 0.717) is 17.6 Å². The number of carbonyl (C=O) groups is 1. The van der Waals surface area contributed by atoms with Crippen molar-refractivity contribution in [2.75, 3.05) is 11.9 Å². The summed E-state index contributed by atoms with van der Waals surface area (Å²) < 4.78 is 0. The van der Waals surface area contributed by atoms with Crippen LogP contribution in [0, 0.1) is 0 Å². The molecule has 0 fully saturated rings. The first kappa shape index (κ1) is 18.7. The van der Waals surface area contributed by atoms with Crippen LogP contribution in [0.1, 0.15) is 23.6 Å². The zero-order chi connectivity index (χ0) is 18.6. The van der Waals surface area contributed by atoms with Gasteiger partial charge in [0.15, 0.2) is 5.78 Å². The highest BCUT2D eigenvalue weighted by atomic mass is 16.4. The van der Waals surface area contributed by atoms with Crippen molar-refractivity contribution >= 4 is 35.7 Å². The average molecular weight is 335 g/mol. The molecule has 2 rings (SSSR count). The Bertz CT molecular complexity index is 814. The minimum atomic E-state index is -1.50. The smallest absolute Gasteiger partial charge is 0.423 e. The Morgan fingerprint density at radius 3 is 2.52 bits per heavy atom. The lowest BCUT2D eigenvalue weighted by molar-refractivity contribution is -0.111. The summed E-state index contributed by atoms with van der Waals surface area (Å²) in [6.45, 7) is 9.66. The predicted octanol–water partition coefficient (Wildman–Crippen LogP) is 2.25. The van der Waals surface area contributed by atoms with Crippen LogP contribution in [0.4, 0.5) is 5.69 Å². The largest absolute Gasteiger partial charge is 0.488 e.